The third-order valence-corrected chi connectivity index (χ3v) is 8.77. The molecule has 0 N–H and O–H groups in total. The van der Waals surface area contributed by atoms with E-state index in [1.165, 1.54) is 20.8 Å². The molecule has 0 radical (unpaired) electrons. The number of aromatic nitrogens is 4. The minimum Gasteiger partial charge on any atom is -0.509 e. The van der Waals surface area contributed by atoms with Gasteiger partial charge in [0.2, 0.25) is 0 Å². The maximum Gasteiger partial charge on any atom is 2.00 e. The maximum absolute atomic E-state index is 14.3. The van der Waals surface area contributed by atoms with E-state index in [9.17, 15) is 26.3 Å². The zero-order valence-corrected chi connectivity index (χ0v) is 29.5. The molecule has 0 fully saturated rings. The van der Waals surface area contributed by atoms with Crippen LogP contribution in [0.4, 0.5) is 26.3 Å². The number of pyridine rings is 1. The normalized spacial score (nSPS) is 12.0. The van der Waals surface area contributed by atoms with Gasteiger partial charge in [-0.2, -0.15) is 43.6 Å². The van der Waals surface area contributed by atoms with Crippen LogP contribution in [0.25, 0.3) is 44.4 Å². The molecule has 0 saturated carbocycles. The minimum atomic E-state index is -5.05. The summed E-state index contributed by atoms with van der Waals surface area (Å²) in [6, 6.07) is 26.1. The molecule has 0 aliphatic carbocycles. The van der Waals surface area contributed by atoms with Crippen molar-refractivity contribution in [1.29, 1.82) is 0 Å². The van der Waals surface area contributed by atoms with Crippen LogP contribution in [0.15, 0.2) is 85.3 Å². The molecule has 0 saturated heterocycles. The van der Waals surface area contributed by atoms with Crippen LogP contribution in [-0.2, 0) is 33.4 Å². The Hall–Kier alpha value is -5.09. The van der Waals surface area contributed by atoms with E-state index in [1.807, 2.05) is 34.9 Å². The summed E-state index contributed by atoms with van der Waals surface area (Å²) in [5.41, 5.74) is -2.82. The molecule has 4 aromatic carbocycles. The minimum absolute atomic E-state index is 0. The quantitative estimate of drug-likeness (QED) is 0.123. The average Bonchev–Trinajstić information content (AvgIpc) is 3.69. The van der Waals surface area contributed by atoms with Crippen molar-refractivity contribution in [2.75, 3.05) is 7.11 Å². The molecule has 262 valence electrons. The number of alkyl halides is 6. The van der Waals surface area contributed by atoms with Crippen molar-refractivity contribution in [2.24, 2.45) is 0 Å². The molecule has 0 unspecified atom stereocenters. The van der Waals surface area contributed by atoms with Crippen molar-refractivity contribution in [2.45, 2.75) is 33.1 Å². The average molecular weight is 880 g/mol. The first-order valence-corrected chi connectivity index (χ1v) is 15.3. The number of hydrogen-bond donors (Lipinski definition) is 0. The molecule has 0 aliphatic rings. The van der Waals surface area contributed by atoms with Gasteiger partial charge in [-0.15, -0.1) is 35.7 Å². The number of nitrogens with zero attached hydrogens (tertiary/aromatic N) is 4. The monoisotopic (exact) mass is 879 g/mol. The molecule has 51 heavy (non-hydrogen) atoms. The molecule has 13 heteroatoms. The van der Waals surface area contributed by atoms with Gasteiger partial charge in [0.1, 0.15) is 11.6 Å². The van der Waals surface area contributed by atoms with E-state index in [0.29, 0.717) is 22.8 Å². The van der Waals surface area contributed by atoms with Crippen LogP contribution < -0.4 is 9.47 Å². The Morgan fingerprint density at radius 1 is 0.745 bits per heavy atom. The first-order chi connectivity index (χ1) is 23.8. The number of methoxy groups -OCH3 is 1. The van der Waals surface area contributed by atoms with Crippen LogP contribution in [0.3, 0.4) is 0 Å². The predicted octanol–water partition coefficient (Wildman–Crippen LogP) is 10.4. The Morgan fingerprint density at radius 3 is 2.12 bits per heavy atom. The van der Waals surface area contributed by atoms with E-state index in [4.69, 9.17) is 9.47 Å². The van der Waals surface area contributed by atoms with E-state index in [2.05, 4.69) is 22.2 Å². The van der Waals surface area contributed by atoms with Gasteiger partial charge < -0.3 is 14.0 Å². The second kappa shape index (κ2) is 13.2. The van der Waals surface area contributed by atoms with Gasteiger partial charge >= 0.3 is 33.4 Å². The zero-order valence-electron chi connectivity index (χ0n) is 27.3. The van der Waals surface area contributed by atoms with Gasteiger partial charge in [0.15, 0.2) is 0 Å². The van der Waals surface area contributed by atoms with Gasteiger partial charge in [-0.1, -0.05) is 23.7 Å². The van der Waals surface area contributed by atoms with Gasteiger partial charge in [0.25, 0.3) is 0 Å². The van der Waals surface area contributed by atoms with Crippen molar-refractivity contribution in [3.63, 3.8) is 0 Å². The van der Waals surface area contributed by atoms with Crippen molar-refractivity contribution >= 4 is 21.8 Å². The molecule has 3 heterocycles. The van der Waals surface area contributed by atoms with E-state index < -0.39 is 29.0 Å². The number of para-hydroxylation sites is 1. The molecule has 6 nitrogen and oxygen atoms in total. The van der Waals surface area contributed by atoms with Crippen LogP contribution in [0.5, 0.6) is 17.2 Å². The van der Waals surface area contributed by atoms with Crippen molar-refractivity contribution < 1.29 is 56.9 Å². The van der Waals surface area contributed by atoms with Crippen molar-refractivity contribution in [1.82, 2.24) is 19.3 Å². The fourth-order valence-electron chi connectivity index (χ4n) is 6.31. The van der Waals surface area contributed by atoms with Crippen LogP contribution in [0.1, 0.15) is 27.8 Å². The smallest absolute Gasteiger partial charge is 0.509 e. The topological polar surface area (TPSA) is 54.1 Å². The van der Waals surface area contributed by atoms with Gasteiger partial charge in [0.05, 0.1) is 24.4 Å². The summed E-state index contributed by atoms with van der Waals surface area (Å²) in [7, 11) is 1.57. The fourth-order valence-corrected chi connectivity index (χ4v) is 6.31. The fraction of sp³-hybridized carbons (Fsp3) is 0.158. The molecule has 7 aromatic rings. The Balaban J connectivity index is 0.00000448. The van der Waals surface area contributed by atoms with Crippen molar-refractivity contribution in [3.8, 4) is 39.9 Å². The second-order valence-corrected chi connectivity index (χ2v) is 11.7. The zero-order chi connectivity index (χ0) is 35.5. The van der Waals surface area contributed by atoms with Crippen LogP contribution in [0.2, 0.25) is 0 Å². The number of fused-ring (bicyclic) bond motifs is 3. The van der Waals surface area contributed by atoms with E-state index in [1.54, 1.807) is 49.7 Å². The molecular formula is C38H26F6N4O2Pt. The molecule has 0 bridgehead atoms. The number of ether oxygens (including phenoxy) is 2. The summed E-state index contributed by atoms with van der Waals surface area (Å²) in [6.07, 6.45) is -6.34. The van der Waals surface area contributed by atoms with Gasteiger partial charge in [-0.05, 0) is 60.7 Å². The van der Waals surface area contributed by atoms with Gasteiger partial charge in [0, 0.05) is 46.6 Å². The third kappa shape index (κ3) is 6.37. The number of benzene rings is 4. The second-order valence-electron chi connectivity index (χ2n) is 11.7. The molecule has 3 aromatic heterocycles. The summed E-state index contributed by atoms with van der Waals surface area (Å²) in [5, 5.41) is 6.00. The molecule has 0 aliphatic heterocycles. The van der Waals surface area contributed by atoms with Crippen molar-refractivity contribution in [3.05, 3.63) is 125 Å². The summed E-state index contributed by atoms with van der Waals surface area (Å²) in [4.78, 5) is 4.55. The first kappa shape index (κ1) is 35.7. The van der Waals surface area contributed by atoms with Crippen LogP contribution >= 0.6 is 0 Å². The first-order valence-electron chi connectivity index (χ1n) is 15.3. The maximum atomic E-state index is 14.3. The Kier molecular flexibility index (Phi) is 9.26. The SMILES string of the molecule is COc1ccnc(-n2c3[c-]c(Oc4[c-]c(-n5cc(-c6c(C(F)(F)F)c(C)c(C)c(C)c6C(F)(F)F)cn5)ccc4)ccc3c3ccccc32)c1.[Pt+2]. The summed E-state index contributed by atoms with van der Waals surface area (Å²) in [5.74, 6) is 1.77. The molecule has 0 spiro atoms. The van der Waals surface area contributed by atoms with E-state index in [0.717, 1.165) is 33.4 Å². The summed E-state index contributed by atoms with van der Waals surface area (Å²) < 4.78 is 101. The van der Waals surface area contributed by atoms with Gasteiger partial charge in [-0.25, -0.2) is 4.98 Å². The number of hydrogen-bond acceptors (Lipinski definition) is 4. The predicted molar refractivity (Wildman–Crippen MR) is 176 cm³/mol. The number of halogens is 6. The molecule has 7 rings (SSSR count). The van der Waals surface area contributed by atoms with E-state index in [-0.39, 0.29) is 54.8 Å². The summed E-state index contributed by atoms with van der Waals surface area (Å²) in [6.45, 7) is 3.61. The standard InChI is InChI=1S/C38H26F6N4O2.Pt/c1-21-22(2)35(37(39,40)41)34(36(23(21)3)38(42,43)44)24-19-46-47(20-24)25-8-7-9-27(16-25)50-28-12-13-30-29-10-5-6-11-31(29)48(32(30)17-28)33-18-26(49-4)14-15-45-33;/h5-15,18-20H,1-4H3;/q-2;+2. The Labute approximate surface area is 302 Å². The molecular weight excluding hydrogens is 854 g/mol. The van der Waals surface area contributed by atoms with Gasteiger partial charge in [-0.3, -0.25) is 4.68 Å². The van der Waals surface area contributed by atoms with E-state index >= 15 is 0 Å². The number of rotatable bonds is 6. The third-order valence-electron chi connectivity index (χ3n) is 8.77. The Bertz CT molecular complexity index is 2390. The Morgan fingerprint density at radius 2 is 1.43 bits per heavy atom. The summed E-state index contributed by atoms with van der Waals surface area (Å²) >= 11 is 0. The largest absolute Gasteiger partial charge is 2.00 e. The molecule has 0 atom stereocenters. The molecule has 0 amide bonds. The van der Waals surface area contributed by atoms with Crippen LogP contribution in [-0.4, -0.2) is 26.4 Å². The van der Waals surface area contributed by atoms with Crippen LogP contribution in [0, 0.1) is 32.9 Å².